The molecule has 1 saturated heterocycles. The fourth-order valence-electron chi connectivity index (χ4n) is 2.36. The fourth-order valence-corrected chi connectivity index (χ4v) is 3.49. The Labute approximate surface area is 117 Å². The highest BCUT2D eigenvalue weighted by Crippen LogP contribution is 2.46. The number of hydrogen-bond donors (Lipinski definition) is 1. The maximum Gasteiger partial charge on any atom is 0.350 e. The minimum atomic E-state index is -0.410. The predicted molar refractivity (Wildman–Crippen MR) is 77.2 cm³/mol. The smallest absolute Gasteiger partial charge is 0.350 e. The normalized spacial score (nSPS) is 22.6. The van der Waals surface area contributed by atoms with E-state index in [4.69, 9.17) is 15.2 Å². The molecule has 2 N–H and O–H groups in total. The van der Waals surface area contributed by atoms with E-state index in [9.17, 15) is 4.79 Å². The largest absolute Gasteiger partial charge is 0.492 e. The zero-order valence-electron chi connectivity index (χ0n) is 11.7. The second-order valence-electron chi connectivity index (χ2n) is 5.03. The maximum absolute atomic E-state index is 11.7. The Morgan fingerprint density at radius 1 is 1.32 bits per heavy atom. The number of methoxy groups -OCH3 is 2. The molecule has 2 atom stereocenters. The molecule has 0 aliphatic carbocycles. The van der Waals surface area contributed by atoms with Crippen molar-refractivity contribution in [2.75, 3.05) is 37.9 Å². The quantitative estimate of drug-likeness (QED) is 0.862. The van der Waals surface area contributed by atoms with Crippen LogP contribution in [0.25, 0.3) is 0 Å². The van der Waals surface area contributed by atoms with E-state index < -0.39 is 5.97 Å². The molecule has 0 aromatic carbocycles. The molecule has 5 nitrogen and oxygen atoms in total. The van der Waals surface area contributed by atoms with Gasteiger partial charge in [0.1, 0.15) is 15.6 Å². The van der Waals surface area contributed by atoms with Crippen molar-refractivity contribution in [3.63, 3.8) is 0 Å². The highest BCUT2D eigenvalue weighted by Gasteiger charge is 2.32. The zero-order chi connectivity index (χ0) is 14.2. The fraction of sp³-hybridized carbons (Fsp3) is 0.615. The molecule has 1 aromatic rings. The van der Waals surface area contributed by atoms with Crippen LogP contribution in [0, 0.1) is 11.8 Å². The highest BCUT2D eigenvalue weighted by molar-refractivity contribution is 7.19. The molecule has 1 aliphatic heterocycles. The topological polar surface area (TPSA) is 64.8 Å². The maximum atomic E-state index is 11.7. The minimum absolute atomic E-state index is 0.376. The summed E-state index contributed by atoms with van der Waals surface area (Å²) < 4.78 is 10.1. The number of carbonyl (C=O) groups is 1. The number of nitrogen functional groups attached to an aromatic ring is 1. The lowest BCUT2D eigenvalue weighted by atomic mass is 10.0. The molecule has 2 rings (SSSR count). The number of ether oxygens (including phenoxy) is 2. The number of nitrogens with zero attached hydrogens (tertiary/aromatic N) is 1. The minimum Gasteiger partial charge on any atom is -0.492 e. The SMILES string of the molecule is COC(=O)c1sc(N2CC(C)C(C)C2)c(OC)c1N. The van der Waals surface area contributed by atoms with Crippen LogP contribution >= 0.6 is 11.3 Å². The first-order chi connectivity index (χ1) is 8.99. The zero-order valence-corrected chi connectivity index (χ0v) is 12.5. The Hall–Kier alpha value is -1.43. The van der Waals surface area contributed by atoms with Gasteiger partial charge in [-0.2, -0.15) is 0 Å². The molecule has 1 aromatic heterocycles. The average Bonchev–Trinajstić information content (AvgIpc) is 2.89. The lowest BCUT2D eigenvalue weighted by molar-refractivity contribution is 0.0607. The number of hydrogen-bond acceptors (Lipinski definition) is 6. The van der Waals surface area contributed by atoms with Gasteiger partial charge in [0.2, 0.25) is 0 Å². The third-order valence-corrected chi connectivity index (χ3v) is 4.96. The van der Waals surface area contributed by atoms with Gasteiger partial charge >= 0.3 is 5.97 Å². The summed E-state index contributed by atoms with van der Waals surface area (Å²) in [4.78, 5) is 14.3. The molecule has 0 bridgehead atoms. The third kappa shape index (κ3) is 2.36. The Bertz CT molecular complexity index is 476. The molecule has 19 heavy (non-hydrogen) atoms. The number of rotatable bonds is 3. The van der Waals surface area contributed by atoms with Crippen molar-refractivity contribution in [2.24, 2.45) is 11.8 Å². The third-order valence-electron chi connectivity index (χ3n) is 3.73. The lowest BCUT2D eigenvalue weighted by Crippen LogP contribution is -2.18. The van der Waals surface area contributed by atoms with Crippen LogP contribution < -0.4 is 15.4 Å². The van der Waals surface area contributed by atoms with Gasteiger partial charge in [-0.05, 0) is 11.8 Å². The predicted octanol–water partition coefficient (Wildman–Crippen LogP) is 2.22. The Morgan fingerprint density at radius 3 is 2.37 bits per heavy atom. The van der Waals surface area contributed by atoms with Crippen LogP contribution in [0.3, 0.4) is 0 Å². The van der Waals surface area contributed by atoms with Crippen LogP contribution in [0.1, 0.15) is 23.5 Å². The van der Waals surface area contributed by atoms with Gasteiger partial charge in [0.25, 0.3) is 0 Å². The first kappa shape index (κ1) is 14.0. The van der Waals surface area contributed by atoms with Gasteiger partial charge in [-0.15, -0.1) is 11.3 Å². The van der Waals surface area contributed by atoms with Crippen molar-refractivity contribution in [2.45, 2.75) is 13.8 Å². The standard InChI is InChI=1S/C13H20N2O3S/c1-7-5-15(6-8(7)2)12-10(17-3)9(14)11(19-12)13(16)18-4/h7-8H,5-6,14H2,1-4H3. The van der Waals surface area contributed by atoms with Gasteiger partial charge in [-0.3, -0.25) is 0 Å². The number of carbonyl (C=O) groups excluding carboxylic acids is 1. The summed E-state index contributed by atoms with van der Waals surface area (Å²) in [6.45, 7) is 6.38. The van der Waals surface area contributed by atoms with Crippen molar-refractivity contribution >= 4 is 28.0 Å². The van der Waals surface area contributed by atoms with E-state index in [1.807, 2.05) is 0 Å². The van der Waals surface area contributed by atoms with E-state index in [1.165, 1.54) is 18.4 Å². The van der Waals surface area contributed by atoms with E-state index in [0.717, 1.165) is 18.1 Å². The Balaban J connectivity index is 2.38. The van der Waals surface area contributed by atoms with Gasteiger partial charge in [0.15, 0.2) is 5.75 Å². The van der Waals surface area contributed by atoms with Crippen LogP contribution in [0.4, 0.5) is 10.7 Å². The van der Waals surface area contributed by atoms with Gasteiger partial charge < -0.3 is 20.1 Å². The van der Waals surface area contributed by atoms with Crippen molar-refractivity contribution in [3.05, 3.63) is 4.88 Å². The molecule has 106 valence electrons. The molecule has 2 unspecified atom stereocenters. The highest BCUT2D eigenvalue weighted by atomic mass is 32.1. The van der Waals surface area contributed by atoms with Crippen LogP contribution in [-0.4, -0.2) is 33.3 Å². The average molecular weight is 284 g/mol. The number of esters is 1. The summed E-state index contributed by atoms with van der Waals surface area (Å²) >= 11 is 1.35. The molecular weight excluding hydrogens is 264 g/mol. The van der Waals surface area contributed by atoms with E-state index in [-0.39, 0.29) is 0 Å². The van der Waals surface area contributed by atoms with Gasteiger partial charge in [-0.1, -0.05) is 13.8 Å². The second-order valence-corrected chi connectivity index (χ2v) is 6.03. The number of anilines is 2. The van der Waals surface area contributed by atoms with E-state index in [1.54, 1.807) is 7.11 Å². The first-order valence-electron chi connectivity index (χ1n) is 6.29. The molecule has 0 amide bonds. The number of thiophene rings is 1. The molecular formula is C13H20N2O3S. The number of nitrogens with two attached hydrogens (primary N) is 1. The van der Waals surface area contributed by atoms with Crippen LogP contribution in [0.2, 0.25) is 0 Å². The molecule has 0 saturated carbocycles. The van der Waals surface area contributed by atoms with E-state index >= 15 is 0 Å². The molecule has 0 spiro atoms. The van der Waals surface area contributed by atoms with Crippen LogP contribution in [-0.2, 0) is 4.74 Å². The molecule has 6 heteroatoms. The molecule has 2 heterocycles. The van der Waals surface area contributed by atoms with E-state index in [0.29, 0.717) is 28.1 Å². The van der Waals surface area contributed by atoms with Crippen LogP contribution in [0.5, 0.6) is 5.75 Å². The molecule has 0 radical (unpaired) electrons. The first-order valence-corrected chi connectivity index (χ1v) is 7.10. The van der Waals surface area contributed by atoms with Crippen molar-refractivity contribution in [1.82, 2.24) is 0 Å². The summed E-state index contributed by atoms with van der Waals surface area (Å²) in [5.74, 6) is 1.42. The van der Waals surface area contributed by atoms with Crippen molar-refractivity contribution in [3.8, 4) is 5.75 Å². The van der Waals surface area contributed by atoms with Gasteiger partial charge in [0, 0.05) is 13.1 Å². The molecule has 1 aliphatic rings. The Morgan fingerprint density at radius 2 is 1.89 bits per heavy atom. The van der Waals surface area contributed by atoms with Crippen LogP contribution in [0.15, 0.2) is 0 Å². The summed E-state index contributed by atoms with van der Waals surface area (Å²) in [6, 6.07) is 0. The van der Waals surface area contributed by atoms with Crippen molar-refractivity contribution < 1.29 is 14.3 Å². The summed E-state index contributed by atoms with van der Waals surface area (Å²) in [5.41, 5.74) is 6.36. The van der Waals surface area contributed by atoms with E-state index in [2.05, 4.69) is 18.7 Å². The second kappa shape index (κ2) is 5.28. The Kier molecular flexibility index (Phi) is 3.89. The van der Waals surface area contributed by atoms with Crippen molar-refractivity contribution in [1.29, 1.82) is 0 Å². The monoisotopic (exact) mass is 284 g/mol. The lowest BCUT2D eigenvalue weighted by Gasteiger charge is -2.17. The summed E-state index contributed by atoms with van der Waals surface area (Å²) in [5, 5.41) is 0.927. The molecule has 1 fully saturated rings. The van der Waals surface area contributed by atoms with Gasteiger partial charge in [-0.25, -0.2) is 4.79 Å². The van der Waals surface area contributed by atoms with Gasteiger partial charge in [0.05, 0.1) is 14.2 Å². The summed E-state index contributed by atoms with van der Waals surface area (Å²) in [6.07, 6.45) is 0. The summed E-state index contributed by atoms with van der Waals surface area (Å²) in [7, 11) is 2.93.